The van der Waals surface area contributed by atoms with Crippen molar-refractivity contribution < 1.29 is 9.53 Å². The Balaban J connectivity index is 1.35. The number of aromatic nitrogens is 5. The van der Waals surface area contributed by atoms with Crippen LogP contribution in [0.4, 0.5) is 17.5 Å². The molecule has 1 fully saturated rings. The topological polar surface area (TPSA) is 110 Å². The highest BCUT2D eigenvalue weighted by Crippen LogP contribution is 2.65. The molecule has 1 saturated carbocycles. The first-order chi connectivity index (χ1) is 14.6. The van der Waals surface area contributed by atoms with Gasteiger partial charge in [-0.1, -0.05) is 6.07 Å². The Hall–Kier alpha value is -3.88. The van der Waals surface area contributed by atoms with E-state index in [-0.39, 0.29) is 11.8 Å². The van der Waals surface area contributed by atoms with Crippen LogP contribution >= 0.6 is 0 Å². The maximum Gasteiger partial charge on any atom is 0.235 e. The third-order valence-corrected chi connectivity index (χ3v) is 6.25. The van der Waals surface area contributed by atoms with Crippen LogP contribution in [0.15, 0.2) is 42.7 Å². The van der Waals surface area contributed by atoms with E-state index in [1.807, 2.05) is 31.3 Å². The molecule has 2 aliphatic rings. The second-order valence-corrected chi connectivity index (χ2v) is 7.80. The second-order valence-electron chi connectivity index (χ2n) is 7.80. The molecule has 0 unspecified atom stereocenters. The van der Waals surface area contributed by atoms with Crippen LogP contribution in [0.5, 0.6) is 5.75 Å². The number of nitrogens with one attached hydrogen (secondary N) is 3. The van der Waals surface area contributed by atoms with Crippen molar-refractivity contribution in [1.29, 1.82) is 0 Å². The van der Waals surface area contributed by atoms with E-state index in [2.05, 4.69) is 43.0 Å². The molecule has 1 amide bonds. The van der Waals surface area contributed by atoms with Gasteiger partial charge in [0.05, 0.1) is 18.0 Å². The van der Waals surface area contributed by atoms with Crippen molar-refractivity contribution >= 4 is 34.3 Å². The Morgan fingerprint density at radius 1 is 1.27 bits per heavy atom. The number of aromatic amines is 1. The number of rotatable bonds is 4. The molecule has 1 aliphatic heterocycles. The zero-order valence-corrected chi connectivity index (χ0v) is 16.4. The second kappa shape index (κ2) is 5.82. The lowest BCUT2D eigenvalue weighted by Crippen LogP contribution is -2.21. The van der Waals surface area contributed by atoms with E-state index >= 15 is 0 Å². The Kier molecular flexibility index (Phi) is 3.30. The summed E-state index contributed by atoms with van der Waals surface area (Å²) in [4.78, 5) is 17.1. The maximum absolute atomic E-state index is 12.9. The molecule has 0 saturated heterocycles. The molecule has 1 spiro atoms. The van der Waals surface area contributed by atoms with E-state index in [0.29, 0.717) is 11.8 Å². The molecule has 0 radical (unpaired) electrons. The highest BCUT2D eigenvalue weighted by Gasteiger charge is 2.65. The fraction of sp³-hybridized carbons (Fsp3) is 0.238. The van der Waals surface area contributed by atoms with Gasteiger partial charge in [0.2, 0.25) is 11.9 Å². The summed E-state index contributed by atoms with van der Waals surface area (Å²) in [7, 11) is 3.45. The predicted molar refractivity (Wildman–Crippen MR) is 111 cm³/mol. The first kappa shape index (κ1) is 17.0. The van der Waals surface area contributed by atoms with Gasteiger partial charge in [0, 0.05) is 24.0 Å². The molecule has 3 heterocycles. The lowest BCUT2D eigenvalue weighted by atomic mass is 9.91. The van der Waals surface area contributed by atoms with E-state index in [1.54, 1.807) is 11.8 Å². The molecule has 30 heavy (non-hydrogen) atoms. The minimum absolute atomic E-state index is 0.0603. The fourth-order valence-electron chi connectivity index (χ4n) is 4.56. The highest BCUT2D eigenvalue weighted by atomic mass is 16.5. The number of nitrogens with zero attached hydrogens (tertiary/aromatic N) is 4. The van der Waals surface area contributed by atoms with Crippen LogP contribution in [0.1, 0.15) is 23.5 Å². The van der Waals surface area contributed by atoms with Gasteiger partial charge in [0.25, 0.3) is 0 Å². The van der Waals surface area contributed by atoms with Gasteiger partial charge < -0.3 is 15.4 Å². The number of carbonyl (C=O) groups is 1. The standard InChI is InChI=1S/C21H19N7O2/c1-28-20(22-10-23-28)25-18-13-5-3-11(7-17(13)26-27-18)15-9-21(15)14-8-12(30-2)4-6-16(14)24-19(21)29/h3-8,10,15H,9H2,1-2H3,(H,24,29)(H2,22,23,25,26,27)/t15-,21-/m0/s1. The van der Waals surface area contributed by atoms with Crippen LogP contribution in [0.2, 0.25) is 0 Å². The number of benzene rings is 2. The van der Waals surface area contributed by atoms with Crippen LogP contribution in [-0.2, 0) is 17.3 Å². The number of ether oxygens (including phenoxy) is 1. The molecule has 2 aromatic heterocycles. The minimum atomic E-state index is -0.517. The monoisotopic (exact) mass is 401 g/mol. The third-order valence-electron chi connectivity index (χ3n) is 6.25. The predicted octanol–water partition coefficient (Wildman–Crippen LogP) is 2.82. The Morgan fingerprint density at radius 3 is 2.97 bits per heavy atom. The summed E-state index contributed by atoms with van der Waals surface area (Å²) >= 11 is 0. The van der Waals surface area contributed by atoms with Crippen molar-refractivity contribution in [2.75, 3.05) is 17.7 Å². The number of amides is 1. The smallest absolute Gasteiger partial charge is 0.235 e. The molecule has 3 N–H and O–H groups in total. The Morgan fingerprint density at radius 2 is 2.17 bits per heavy atom. The van der Waals surface area contributed by atoms with E-state index in [9.17, 15) is 4.79 Å². The summed E-state index contributed by atoms with van der Waals surface area (Å²) in [6, 6.07) is 11.9. The van der Waals surface area contributed by atoms with Crippen LogP contribution in [0.3, 0.4) is 0 Å². The summed E-state index contributed by atoms with van der Waals surface area (Å²) in [5.41, 5.74) is 3.40. The van der Waals surface area contributed by atoms with Crippen LogP contribution in [-0.4, -0.2) is 38.0 Å². The average molecular weight is 401 g/mol. The van der Waals surface area contributed by atoms with Crippen molar-refractivity contribution in [2.24, 2.45) is 7.05 Å². The molecular weight excluding hydrogens is 382 g/mol. The number of H-pyrrole nitrogens is 1. The number of hydrogen-bond acceptors (Lipinski definition) is 6. The van der Waals surface area contributed by atoms with Crippen molar-refractivity contribution in [3.05, 3.63) is 53.9 Å². The first-order valence-corrected chi connectivity index (χ1v) is 9.69. The molecule has 150 valence electrons. The molecule has 0 bridgehead atoms. The number of fused-ring (bicyclic) bond motifs is 3. The third kappa shape index (κ3) is 2.23. The number of methoxy groups -OCH3 is 1. The van der Waals surface area contributed by atoms with E-state index in [1.165, 1.54) is 6.33 Å². The van der Waals surface area contributed by atoms with Crippen molar-refractivity contribution in [1.82, 2.24) is 25.0 Å². The highest BCUT2D eigenvalue weighted by molar-refractivity contribution is 6.10. The number of hydrogen-bond donors (Lipinski definition) is 3. The SMILES string of the molecule is COc1ccc2c(c1)[C@]1(C[C@H]1c1ccc3c(Nc4ncnn4C)n[nH]c3c1)C(=O)N2. The lowest BCUT2D eigenvalue weighted by Gasteiger charge is -2.10. The molecule has 4 aromatic rings. The molecular formula is C21H19N7O2. The fourth-order valence-corrected chi connectivity index (χ4v) is 4.56. The van der Waals surface area contributed by atoms with Crippen molar-refractivity contribution in [3.8, 4) is 5.75 Å². The summed E-state index contributed by atoms with van der Waals surface area (Å²) < 4.78 is 7.02. The minimum Gasteiger partial charge on any atom is -0.497 e. The zero-order chi connectivity index (χ0) is 20.5. The Bertz CT molecular complexity index is 1320. The number of carbonyl (C=O) groups excluding carboxylic acids is 1. The molecule has 1 aliphatic carbocycles. The summed E-state index contributed by atoms with van der Waals surface area (Å²) in [5.74, 6) is 2.24. The van der Waals surface area contributed by atoms with Crippen molar-refractivity contribution in [2.45, 2.75) is 17.8 Å². The van der Waals surface area contributed by atoms with Gasteiger partial charge >= 0.3 is 0 Å². The average Bonchev–Trinajstić information content (AvgIpc) is 3.04. The summed E-state index contributed by atoms with van der Waals surface area (Å²) in [6.07, 6.45) is 2.27. The molecule has 2 aromatic carbocycles. The van der Waals surface area contributed by atoms with Crippen LogP contribution in [0, 0.1) is 0 Å². The van der Waals surface area contributed by atoms with Crippen LogP contribution < -0.4 is 15.4 Å². The largest absolute Gasteiger partial charge is 0.497 e. The van der Waals surface area contributed by atoms with E-state index < -0.39 is 5.41 Å². The zero-order valence-electron chi connectivity index (χ0n) is 16.4. The molecule has 9 nitrogen and oxygen atoms in total. The Labute approximate surface area is 171 Å². The molecule has 2 atom stereocenters. The normalized spacial score (nSPS) is 21.7. The van der Waals surface area contributed by atoms with Gasteiger partial charge in [-0.15, -0.1) is 0 Å². The van der Waals surface area contributed by atoms with Gasteiger partial charge in [-0.2, -0.15) is 15.2 Å². The van der Waals surface area contributed by atoms with Crippen molar-refractivity contribution in [3.63, 3.8) is 0 Å². The van der Waals surface area contributed by atoms with Gasteiger partial charge in [0.15, 0.2) is 5.82 Å². The van der Waals surface area contributed by atoms with Crippen LogP contribution in [0.25, 0.3) is 10.9 Å². The van der Waals surface area contributed by atoms with Gasteiger partial charge in [-0.25, -0.2) is 4.68 Å². The first-order valence-electron chi connectivity index (χ1n) is 9.69. The quantitative estimate of drug-likeness (QED) is 0.485. The van der Waals surface area contributed by atoms with E-state index in [0.717, 1.165) is 39.9 Å². The molecule has 9 heteroatoms. The number of aryl methyl sites for hydroxylation is 1. The lowest BCUT2D eigenvalue weighted by molar-refractivity contribution is -0.118. The van der Waals surface area contributed by atoms with E-state index in [4.69, 9.17) is 4.74 Å². The van der Waals surface area contributed by atoms with Gasteiger partial charge in [0.1, 0.15) is 12.1 Å². The molecule has 6 rings (SSSR count). The summed E-state index contributed by atoms with van der Waals surface area (Å²) in [6.45, 7) is 0. The van der Waals surface area contributed by atoms with Gasteiger partial charge in [-0.3, -0.25) is 9.89 Å². The van der Waals surface area contributed by atoms with Gasteiger partial charge in [-0.05, 0) is 47.9 Å². The summed E-state index contributed by atoms with van der Waals surface area (Å²) in [5, 5.41) is 18.7. The maximum atomic E-state index is 12.9. The number of anilines is 3.